The summed E-state index contributed by atoms with van der Waals surface area (Å²) in [5, 5.41) is 12.2. The Kier molecular flexibility index (Phi) is 2.92. The summed E-state index contributed by atoms with van der Waals surface area (Å²) in [6.07, 6.45) is 0. The zero-order chi connectivity index (χ0) is 14.1. The fourth-order valence-electron chi connectivity index (χ4n) is 2.49. The number of fused-ring (bicyclic) bond motifs is 3. The van der Waals surface area contributed by atoms with Gasteiger partial charge in [0.2, 0.25) is 0 Å². The van der Waals surface area contributed by atoms with E-state index < -0.39 is 5.92 Å². The highest BCUT2D eigenvalue weighted by atomic mass is 16.1. The molecule has 0 radical (unpaired) electrons. The van der Waals surface area contributed by atoms with E-state index >= 15 is 0 Å². The molecule has 20 heavy (non-hydrogen) atoms. The minimum absolute atomic E-state index is 0.180. The van der Waals surface area contributed by atoms with Crippen LogP contribution in [0.2, 0.25) is 0 Å². The molecule has 3 aromatic rings. The van der Waals surface area contributed by atoms with Gasteiger partial charge in [-0.1, -0.05) is 42.5 Å². The number of pyridine rings is 1. The van der Waals surface area contributed by atoms with Gasteiger partial charge in [0.25, 0.3) is 0 Å². The predicted molar refractivity (Wildman–Crippen MR) is 78.3 cm³/mol. The van der Waals surface area contributed by atoms with E-state index in [1.165, 1.54) is 6.92 Å². The van der Waals surface area contributed by atoms with Crippen molar-refractivity contribution in [2.45, 2.75) is 12.8 Å². The first-order valence-electron chi connectivity index (χ1n) is 6.40. The number of ketones is 1. The maximum absolute atomic E-state index is 11.7. The van der Waals surface area contributed by atoms with Gasteiger partial charge in [0.05, 0.1) is 17.3 Å². The first kappa shape index (κ1) is 12.3. The molecular weight excluding hydrogens is 248 g/mol. The van der Waals surface area contributed by atoms with Crippen LogP contribution in [0.4, 0.5) is 0 Å². The van der Waals surface area contributed by atoms with Crippen LogP contribution in [0.1, 0.15) is 18.5 Å². The molecule has 0 aliphatic rings. The van der Waals surface area contributed by atoms with Crippen molar-refractivity contribution in [3.05, 3.63) is 54.2 Å². The summed E-state index contributed by atoms with van der Waals surface area (Å²) in [6.45, 7) is 1.43. The molecule has 0 saturated heterocycles. The number of carbonyl (C=O) groups is 1. The van der Waals surface area contributed by atoms with E-state index in [9.17, 15) is 10.1 Å². The summed E-state index contributed by atoms with van der Waals surface area (Å²) >= 11 is 0. The zero-order valence-electron chi connectivity index (χ0n) is 11.0. The van der Waals surface area contributed by atoms with E-state index in [0.717, 1.165) is 21.7 Å². The second kappa shape index (κ2) is 4.75. The molecular formula is C17H12N2O. The average Bonchev–Trinajstić information content (AvgIpc) is 2.48. The van der Waals surface area contributed by atoms with Crippen LogP contribution in [0, 0.1) is 11.3 Å². The molecule has 0 N–H and O–H groups in total. The fourth-order valence-corrected chi connectivity index (χ4v) is 2.49. The molecule has 3 heteroatoms. The molecule has 2 aromatic carbocycles. The number of Topliss-reactive ketones (excluding diaryl/α,β-unsaturated/α-hetero) is 1. The van der Waals surface area contributed by atoms with Gasteiger partial charge in [-0.05, 0) is 18.4 Å². The zero-order valence-corrected chi connectivity index (χ0v) is 11.0. The first-order valence-corrected chi connectivity index (χ1v) is 6.40. The van der Waals surface area contributed by atoms with Crippen molar-refractivity contribution in [1.29, 1.82) is 5.26 Å². The van der Waals surface area contributed by atoms with Crippen LogP contribution in [0.15, 0.2) is 48.5 Å². The van der Waals surface area contributed by atoms with Gasteiger partial charge in [-0.2, -0.15) is 5.26 Å². The molecule has 96 valence electrons. The second-order valence-electron chi connectivity index (χ2n) is 4.73. The molecule has 1 heterocycles. The van der Waals surface area contributed by atoms with Gasteiger partial charge >= 0.3 is 0 Å². The molecule has 1 aromatic heterocycles. The first-order chi connectivity index (χ1) is 9.72. The van der Waals surface area contributed by atoms with Gasteiger partial charge in [0, 0.05) is 10.8 Å². The average molecular weight is 260 g/mol. The highest BCUT2D eigenvalue weighted by Gasteiger charge is 2.21. The van der Waals surface area contributed by atoms with Gasteiger partial charge in [0.1, 0.15) is 5.92 Å². The van der Waals surface area contributed by atoms with Gasteiger partial charge < -0.3 is 0 Å². The van der Waals surface area contributed by atoms with Crippen molar-refractivity contribution in [1.82, 2.24) is 4.98 Å². The van der Waals surface area contributed by atoms with Gasteiger partial charge in [-0.15, -0.1) is 0 Å². The standard InChI is InChI=1S/C17H12N2O/c1-11(20)15(10-18)17-14-8-3-2-6-12(14)13-7-4-5-9-16(13)19-17/h2-9,15H,1H3. The Bertz CT molecular complexity index is 862. The molecule has 0 spiro atoms. The third-order valence-corrected chi connectivity index (χ3v) is 3.45. The van der Waals surface area contributed by atoms with Crippen molar-refractivity contribution in [3.8, 4) is 6.07 Å². The fraction of sp³-hybridized carbons (Fsp3) is 0.118. The second-order valence-corrected chi connectivity index (χ2v) is 4.73. The predicted octanol–water partition coefficient (Wildman–Crippen LogP) is 3.58. The topological polar surface area (TPSA) is 53.8 Å². The number of carbonyl (C=O) groups excluding carboxylic acids is 1. The lowest BCUT2D eigenvalue weighted by Crippen LogP contribution is -2.09. The molecule has 1 atom stereocenters. The van der Waals surface area contributed by atoms with Crippen LogP contribution in [-0.4, -0.2) is 10.8 Å². The lowest BCUT2D eigenvalue weighted by Gasteiger charge is -2.11. The molecule has 0 bridgehead atoms. The van der Waals surface area contributed by atoms with Crippen LogP contribution in [-0.2, 0) is 4.79 Å². The third kappa shape index (κ3) is 1.83. The SMILES string of the molecule is CC(=O)C(C#N)c1nc2ccccc2c2ccccc12. The summed E-state index contributed by atoms with van der Waals surface area (Å²) in [4.78, 5) is 16.2. The number of rotatable bonds is 2. The van der Waals surface area contributed by atoms with E-state index in [2.05, 4.69) is 11.1 Å². The number of aromatic nitrogens is 1. The molecule has 0 fully saturated rings. The van der Waals surface area contributed by atoms with E-state index in [1.54, 1.807) is 0 Å². The van der Waals surface area contributed by atoms with Crippen molar-refractivity contribution in [3.63, 3.8) is 0 Å². The Morgan fingerprint density at radius 1 is 1.05 bits per heavy atom. The van der Waals surface area contributed by atoms with Crippen LogP contribution in [0.25, 0.3) is 21.7 Å². The summed E-state index contributed by atoms with van der Waals surface area (Å²) in [7, 11) is 0. The van der Waals surface area contributed by atoms with Gasteiger partial charge in [0.15, 0.2) is 5.78 Å². The lowest BCUT2D eigenvalue weighted by molar-refractivity contribution is -0.117. The molecule has 0 aliphatic carbocycles. The van der Waals surface area contributed by atoms with Gasteiger partial charge in [-0.25, -0.2) is 0 Å². The maximum Gasteiger partial charge on any atom is 0.153 e. The monoisotopic (exact) mass is 260 g/mol. The van der Waals surface area contributed by atoms with Gasteiger partial charge in [-0.3, -0.25) is 9.78 Å². The summed E-state index contributed by atoms with van der Waals surface area (Å²) in [5.41, 5.74) is 1.36. The molecule has 3 rings (SSSR count). The molecule has 1 unspecified atom stereocenters. The van der Waals surface area contributed by atoms with Crippen LogP contribution < -0.4 is 0 Å². The van der Waals surface area contributed by atoms with Crippen molar-refractivity contribution in [2.24, 2.45) is 0 Å². The van der Waals surface area contributed by atoms with E-state index in [0.29, 0.717) is 5.69 Å². The van der Waals surface area contributed by atoms with Crippen molar-refractivity contribution >= 4 is 27.5 Å². The van der Waals surface area contributed by atoms with E-state index in [-0.39, 0.29) is 5.78 Å². The van der Waals surface area contributed by atoms with E-state index in [4.69, 9.17) is 0 Å². The lowest BCUT2D eigenvalue weighted by atomic mass is 9.95. The Hall–Kier alpha value is -2.73. The number of hydrogen-bond donors (Lipinski definition) is 0. The third-order valence-electron chi connectivity index (χ3n) is 3.45. The maximum atomic E-state index is 11.7. The quantitative estimate of drug-likeness (QED) is 0.662. The number of nitrogens with zero attached hydrogens (tertiary/aromatic N) is 2. The van der Waals surface area contributed by atoms with Crippen LogP contribution in [0.5, 0.6) is 0 Å². The summed E-state index contributed by atoms with van der Waals surface area (Å²) in [6, 6.07) is 17.6. The van der Waals surface area contributed by atoms with E-state index in [1.807, 2.05) is 48.5 Å². The molecule has 3 nitrogen and oxygen atoms in total. The minimum Gasteiger partial charge on any atom is -0.298 e. The molecule has 0 aliphatic heterocycles. The largest absolute Gasteiger partial charge is 0.298 e. The van der Waals surface area contributed by atoms with Crippen LogP contribution >= 0.6 is 0 Å². The summed E-state index contributed by atoms with van der Waals surface area (Å²) < 4.78 is 0. The number of para-hydroxylation sites is 1. The number of nitriles is 1. The Balaban J connectivity index is 2.47. The number of hydrogen-bond acceptors (Lipinski definition) is 3. The van der Waals surface area contributed by atoms with Crippen LogP contribution in [0.3, 0.4) is 0 Å². The van der Waals surface area contributed by atoms with Crippen molar-refractivity contribution < 1.29 is 4.79 Å². The Labute approximate surface area is 116 Å². The Morgan fingerprint density at radius 3 is 2.30 bits per heavy atom. The Morgan fingerprint density at radius 2 is 1.65 bits per heavy atom. The summed E-state index contributed by atoms with van der Waals surface area (Å²) in [5.74, 6) is -0.995. The smallest absolute Gasteiger partial charge is 0.153 e. The highest BCUT2D eigenvalue weighted by Crippen LogP contribution is 2.30. The highest BCUT2D eigenvalue weighted by molar-refractivity contribution is 6.08. The normalized spacial score (nSPS) is 12.2. The minimum atomic E-state index is -0.815. The van der Waals surface area contributed by atoms with Crippen molar-refractivity contribution in [2.75, 3.05) is 0 Å². The molecule has 0 saturated carbocycles. The number of benzene rings is 2. The molecule has 0 amide bonds.